The van der Waals surface area contributed by atoms with E-state index in [0.29, 0.717) is 27.1 Å². The average Bonchev–Trinajstić information content (AvgIpc) is 2.84. The molecule has 0 aliphatic heterocycles. The van der Waals surface area contributed by atoms with Gasteiger partial charge in [0.25, 0.3) is 0 Å². The van der Waals surface area contributed by atoms with Crippen LogP contribution in [0.5, 0.6) is 11.5 Å². The lowest BCUT2D eigenvalue weighted by molar-refractivity contribution is -0.122. The van der Waals surface area contributed by atoms with Crippen molar-refractivity contribution in [2.75, 3.05) is 20.8 Å². The van der Waals surface area contributed by atoms with Gasteiger partial charge in [0.05, 0.1) is 31.7 Å². The molecule has 1 atom stereocenters. The Balaban J connectivity index is 1.86. The van der Waals surface area contributed by atoms with Crippen molar-refractivity contribution in [3.63, 3.8) is 0 Å². The number of hydrogen-bond donors (Lipinski definition) is 1. The van der Waals surface area contributed by atoms with Crippen molar-refractivity contribution in [3.8, 4) is 11.5 Å². The largest absolute Gasteiger partial charge is 0.493 e. The summed E-state index contributed by atoms with van der Waals surface area (Å²) in [6.45, 7) is 1.25. The fourth-order valence-electron chi connectivity index (χ4n) is 3.47. The van der Waals surface area contributed by atoms with Crippen LogP contribution in [0.2, 0.25) is 10.0 Å². The summed E-state index contributed by atoms with van der Waals surface area (Å²) in [5, 5.41) is 3.58. The van der Waals surface area contributed by atoms with Crippen LogP contribution in [0.25, 0.3) is 0 Å². The summed E-state index contributed by atoms with van der Waals surface area (Å²) in [5.41, 5.74) is 1.28. The number of amides is 1. The minimum atomic E-state index is -4.03. The maximum Gasteiger partial charge on any atom is 0.243 e. The highest BCUT2D eigenvalue weighted by atomic mass is 79.9. The number of methoxy groups -OCH3 is 2. The molecule has 0 aromatic heterocycles. The molecule has 36 heavy (non-hydrogen) atoms. The summed E-state index contributed by atoms with van der Waals surface area (Å²) in [6.07, 6.45) is 0. The molecule has 0 heterocycles. The second kappa shape index (κ2) is 12.3. The predicted molar refractivity (Wildman–Crippen MR) is 144 cm³/mol. The molecule has 3 aromatic rings. The van der Waals surface area contributed by atoms with Crippen LogP contribution >= 0.6 is 39.1 Å². The molecular formula is C25H25BrCl2N2O5S. The average molecular weight is 616 g/mol. The summed E-state index contributed by atoms with van der Waals surface area (Å²) in [5.74, 6) is 0.599. The molecule has 11 heteroatoms. The maximum absolute atomic E-state index is 13.5. The minimum absolute atomic E-state index is 0.0523. The number of carbonyl (C=O) groups excluding carboxylic acids is 1. The Bertz CT molecular complexity index is 1340. The number of ether oxygens (including phenoxy) is 2. The molecular weight excluding hydrogens is 591 g/mol. The quantitative estimate of drug-likeness (QED) is 0.310. The SMILES string of the molecule is COc1ccc([C@@H](C)NC(=O)CN(Cc2ccc(Cl)cc2Cl)S(=O)(=O)c2ccc(Br)cc2)cc1OC. The van der Waals surface area contributed by atoms with E-state index >= 15 is 0 Å². The van der Waals surface area contributed by atoms with E-state index in [1.165, 1.54) is 32.4 Å². The van der Waals surface area contributed by atoms with Gasteiger partial charge in [-0.25, -0.2) is 8.42 Å². The molecule has 3 rings (SSSR count). The van der Waals surface area contributed by atoms with Gasteiger partial charge < -0.3 is 14.8 Å². The van der Waals surface area contributed by atoms with Gasteiger partial charge in [-0.15, -0.1) is 0 Å². The van der Waals surface area contributed by atoms with Crippen molar-refractivity contribution in [3.05, 3.63) is 86.3 Å². The number of nitrogens with one attached hydrogen (secondary N) is 1. The molecule has 0 radical (unpaired) electrons. The lowest BCUT2D eigenvalue weighted by Crippen LogP contribution is -2.41. The van der Waals surface area contributed by atoms with E-state index in [2.05, 4.69) is 21.2 Å². The number of hydrogen-bond acceptors (Lipinski definition) is 5. The Morgan fingerprint density at radius 2 is 1.67 bits per heavy atom. The van der Waals surface area contributed by atoms with Crippen LogP contribution < -0.4 is 14.8 Å². The van der Waals surface area contributed by atoms with Crippen molar-refractivity contribution in [1.82, 2.24) is 9.62 Å². The van der Waals surface area contributed by atoms with Crippen LogP contribution in [-0.4, -0.2) is 39.4 Å². The summed E-state index contributed by atoms with van der Waals surface area (Å²) in [4.78, 5) is 13.1. The first-order valence-electron chi connectivity index (χ1n) is 10.8. The van der Waals surface area contributed by atoms with Gasteiger partial charge in [0.1, 0.15) is 0 Å². The third-order valence-electron chi connectivity index (χ3n) is 5.42. The first-order valence-corrected chi connectivity index (χ1v) is 13.7. The Kier molecular flexibility index (Phi) is 9.66. The van der Waals surface area contributed by atoms with Crippen LogP contribution in [0.1, 0.15) is 24.1 Å². The second-order valence-electron chi connectivity index (χ2n) is 7.87. The smallest absolute Gasteiger partial charge is 0.243 e. The summed E-state index contributed by atoms with van der Waals surface area (Å²) in [6, 6.07) is 15.9. The third kappa shape index (κ3) is 6.92. The van der Waals surface area contributed by atoms with E-state index < -0.39 is 28.5 Å². The number of carbonyl (C=O) groups is 1. The number of nitrogens with zero attached hydrogens (tertiary/aromatic N) is 1. The monoisotopic (exact) mass is 614 g/mol. The highest BCUT2D eigenvalue weighted by Crippen LogP contribution is 2.30. The lowest BCUT2D eigenvalue weighted by Gasteiger charge is -2.24. The van der Waals surface area contributed by atoms with Crippen molar-refractivity contribution < 1.29 is 22.7 Å². The molecule has 0 aliphatic carbocycles. The Labute approximate surface area is 229 Å². The third-order valence-corrected chi connectivity index (χ3v) is 8.34. The van der Waals surface area contributed by atoms with Crippen molar-refractivity contribution in [2.45, 2.75) is 24.4 Å². The zero-order valence-electron chi connectivity index (χ0n) is 19.8. The van der Waals surface area contributed by atoms with Gasteiger partial charge in [0.15, 0.2) is 11.5 Å². The fraction of sp³-hybridized carbons (Fsp3) is 0.240. The molecule has 0 saturated heterocycles. The lowest BCUT2D eigenvalue weighted by atomic mass is 10.1. The molecule has 7 nitrogen and oxygen atoms in total. The first-order chi connectivity index (χ1) is 17.0. The molecule has 0 aliphatic rings. The van der Waals surface area contributed by atoms with Crippen molar-refractivity contribution in [1.29, 1.82) is 0 Å². The van der Waals surface area contributed by atoms with Gasteiger partial charge in [0.2, 0.25) is 15.9 Å². The number of benzene rings is 3. The molecule has 3 aromatic carbocycles. The summed E-state index contributed by atoms with van der Waals surface area (Å²) in [7, 11) is -0.971. The molecule has 1 N–H and O–H groups in total. The fourth-order valence-corrected chi connectivity index (χ4v) is 5.58. The van der Waals surface area contributed by atoms with Gasteiger partial charge in [-0.05, 0) is 66.6 Å². The number of rotatable bonds is 10. The highest BCUT2D eigenvalue weighted by molar-refractivity contribution is 9.10. The van der Waals surface area contributed by atoms with E-state index in [1.54, 1.807) is 49.4 Å². The Hall–Kier alpha value is -2.30. The molecule has 0 unspecified atom stereocenters. The molecule has 1 amide bonds. The van der Waals surface area contributed by atoms with Crippen molar-refractivity contribution in [2.24, 2.45) is 0 Å². The zero-order chi connectivity index (χ0) is 26.5. The summed E-state index contributed by atoms with van der Waals surface area (Å²) < 4.78 is 39.4. The van der Waals surface area contributed by atoms with Crippen LogP contribution in [0.4, 0.5) is 0 Å². The van der Waals surface area contributed by atoms with Crippen molar-refractivity contribution >= 4 is 55.1 Å². The van der Waals surface area contributed by atoms with Gasteiger partial charge in [0, 0.05) is 21.1 Å². The molecule has 0 bridgehead atoms. The summed E-state index contributed by atoms with van der Waals surface area (Å²) >= 11 is 15.6. The topological polar surface area (TPSA) is 84.9 Å². The van der Waals surface area contributed by atoms with Crippen LogP contribution in [0.15, 0.2) is 70.0 Å². The zero-order valence-corrected chi connectivity index (χ0v) is 23.7. The standard InChI is InChI=1S/C25H25BrCl2N2O5S/c1-16(17-5-11-23(34-2)24(12-17)35-3)29-25(31)15-30(14-18-4-8-20(27)13-22(18)28)36(32,33)21-9-6-19(26)7-10-21/h4-13,16H,14-15H2,1-3H3,(H,29,31)/t16-/m1/s1. The number of halogens is 3. The highest BCUT2D eigenvalue weighted by Gasteiger charge is 2.28. The normalized spacial score (nSPS) is 12.3. The van der Waals surface area contributed by atoms with E-state index in [1.807, 2.05) is 0 Å². The van der Waals surface area contributed by atoms with E-state index in [4.69, 9.17) is 32.7 Å². The Morgan fingerprint density at radius 1 is 1.00 bits per heavy atom. The molecule has 192 valence electrons. The van der Waals surface area contributed by atoms with Crippen LogP contribution in [0.3, 0.4) is 0 Å². The first kappa shape index (κ1) is 28.3. The maximum atomic E-state index is 13.5. The van der Waals surface area contributed by atoms with E-state index in [-0.39, 0.29) is 11.4 Å². The Morgan fingerprint density at radius 3 is 2.28 bits per heavy atom. The molecule has 0 fully saturated rings. The van der Waals surface area contributed by atoms with Crippen LogP contribution in [-0.2, 0) is 21.4 Å². The van der Waals surface area contributed by atoms with Gasteiger partial charge in [-0.1, -0.05) is 51.3 Å². The molecule has 0 spiro atoms. The van der Waals surface area contributed by atoms with Gasteiger partial charge in [-0.3, -0.25) is 4.79 Å². The predicted octanol–water partition coefficient (Wildman–Crippen LogP) is 5.84. The molecule has 0 saturated carbocycles. The van der Waals surface area contributed by atoms with E-state index in [9.17, 15) is 13.2 Å². The van der Waals surface area contributed by atoms with Crippen LogP contribution in [0, 0.1) is 0 Å². The van der Waals surface area contributed by atoms with Gasteiger partial charge >= 0.3 is 0 Å². The number of sulfonamides is 1. The second-order valence-corrected chi connectivity index (χ2v) is 11.6. The minimum Gasteiger partial charge on any atom is -0.493 e. The van der Waals surface area contributed by atoms with E-state index in [0.717, 1.165) is 14.3 Å². The van der Waals surface area contributed by atoms with Gasteiger partial charge in [-0.2, -0.15) is 4.31 Å².